The van der Waals surface area contributed by atoms with Crippen LogP contribution in [0.1, 0.15) is 0 Å². The molecule has 0 bridgehead atoms. The Hall–Kier alpha value is -1.93. The summed E-state index contributed by atoms with van der Waals surface area (Å²) in [6.07, 6.45) is 2.51. The van der Waals surface area contributed by atoms with Gasteiger partial charge < -0.3 is 19.9 Å². The van der Waals surface area contributed by atoms with Gasteiger partial charge in [0.2, 0.25) is 6.41 Å². The molecule has 1 N–H and O–H groups in total. The van der Waals surface area contributed by atoms with Crippen LogP contribution in [0.3, 0.4) is 0 Å². The quantitative estimate of drug-likeness (QED) is 0.708. The standard InChI is InChI=1S/C15H24N6O2/c22-13-20-3-5-21(6-4-20)15-11-14(17-12-18-15)16-1-2-19-7-9-23-10-8-19/h11-13H,1-10H2,(H,16,17,18). The number of amides is 1. The second-order valence-electron chi connectivity index (χ2n) is 5.77. The van der Waals surface area contributed by atoms with Crippen LogP contribution in [0.5, 0.6) is 0 Å². The number of carbonyl (C=O) groups excluding carboxylic acids is 1. The van der Waals surface area contributed by atoms with E-state index < -0.39 is 0 Å². The van der Waals surface area contributed by atoms with E-state index in [9.17, 15) is 4.79 Å². The second-order valence-corrected chi connectivity index (χ2v) is 5.77. The zero-order valence-electron chi connectivity index (χ0n) is 13.4. The number of carbonyl (C=O) groups is 1. The van der Waals surface area contributed by atoms with Crippen molar-refractivity contribution in [3.05, 3.63) is 12.4 Å². The maximum atomic E-state index is 10.8. The summed E-state index contributed by atoms with van der Waals surface area (Å²) in [5, 5.41) is 3.36. The summed E-state index contributed by atoms with van der Waals surface area (Å²) in [5.74, 6) is 1.76. The molecular weight excluding hydrogens is 296 g/mol. The van der Waals surface area contributed by atoms with Gasteiger partial charge in [0, 0.05) is 58.4 Å². The van der Waals surface area contributed by atoms with Gasteiger partial charge in [-0.15, -0.1) is 0 Å². The Labute approximate surface area is 136 Å². The van der Waals surface area contributed by atoms with Gasteiger partial charge in [-0.2, -0.15) is 0 Å². The fourth-order valence-electron chi connectivity index (χ4n) is 2.84. The molecule has 0 spiro atoms. The van der Waals surface area contributed by atoms with Crippen molar-refractivity contribution in [2.75, 3.05) is 75.8 Å². The van der Waals surface area contributed by atoms with Gasteiger partial charge in [-0.1, -0.05) is 0 Å². The summed E-state index contributed by atoms with van der Waals surface area (Å²) in [5.41, 5.74) is 0. The van der Waals surface area contributed by atoms with E-state index in [0.29, 0.717) is 0 Å². The monoisotopic (exact) mass is 320 g/mol. The Balaban J connectivity index is 1.48. The van der Waals surface area contributed by atoms with Crippen molar-refractivity contribution in [2.45, 2.75) is 0 Å². The fourth-order valence-corrected chi connectivity index (χ4v) is 2.84. The van der Waals surface area contributed by atoms with Crippen molar-refractivity contribution < 1.29 is 9.53 Å². The van der Waals surface area contributed by atoms with Crippen molar-refractivity contribution >= 4 is 18.0 Å². The SMILES string of the molecule is O=CN1CCN(c2cc(NCCN3CCOCC3)ncn2)CC1. The lowest BCUT2D eigenvalue weighted by Gasteiger charge is -2.33. The third-order valence-electron chi connectivity index (χ3n) is 4.28. The van der Waals surface area contributed by atoms with Crippen LogP contribution in [-0.4, -0.2) is 91.7 Å². The van der Waals surface area contributed by atoms with E-state index in [-0.39, 0.29) is 0 Å². The normalized spacial score (nSPS) is 19.7. The first-order chi connectivity index (χ1) is 11.3. The molecule has 1 amide bonds. The molecule has 0 aromatic carbocycles. The van der Waals surface area contributed by atoms with Gasteiger partial charge in [0.05, 0.1) is 13.2 Å². The Morgan fingerprint density at radius 3 is 2.65 bits per heavy atom. The summed E-state index contributed by atoms with van der Waals surface area (Å²) in [6, 6.07) is 1.98. The van der Waals surface area contributed by atoms with Crippen LogP contribution in [0.4, 0.5) is 11.6 Å². The minimum Gasteiger partial charge on any atom is -0.379 e. The summed E-state index contributed by atoms with van der Waals surface area (Å²) in [4.78, 5) is 25.8. The largest absolute Gasteiger partial charge is 0.379 e. The van der Waals surface area contributed by atoms with E-state index in [1.54, 1.807) is 11.2 Å². The smallest absolute Gasteiger partial charge is 0.209 e. The van der Waals surface area contributed by atoms with Gasteiger partial charge in [0.25, 0.3) is 0 Å². The number of nitrogens with one attached hydrogen (secondary N) is 1. The van der Waals surface area contributed by atoms with Crippen LogP contribution in [0.15, 0.2) is 12.4 Å². The first-order valence-electron chi connectivity index (χ1n) is 8.15. The van der Waals surface area contributed by atoms with E-state index in [0.717, 1.165) is 83.6 Å². The highest BCUT2D eigenvalue weighted by Crippen LogP contribution is 2.15. The number of rotatable bonds is 6. The number of hydrogen-bond donors (Lipinski definition) is 1. The Morgan fingerprint density at radius 2 is 1.91 bits per heavy atom. The Kier molecular flexibility index (Phi) is 5.60. The van der Waals surface area contributed by atoms with Gasteiger partial charge in [-0.05, 0) is 0 Å². The third-order valence-corrected chi connectivity index (χ3v) is 4.28. The molecule has 126 valence electrons. The number of morpholine rings is 1. The van der Waals surface area contributed by atoms with Crippen LogP contribution >= 0.6 is 0 Å². The average Bonchev–Trinajstić information content (AvgIpc) is 2.63. The highest BCUT2D eigenvalue weighted by atomic mass is 16.5. The molecule has 0 saturated carbocycles. The number of aromatic nitrogens is 2. The molecule has 23 heavy (non-hydrogen) atoms. The Morgan fingerprint density at radius 1 is 1.13 bits per heavy atom. The minimum atomic E-state index is 0.743. The van der Waals surface area contributed by atoms with Crippen molar-refractivity contribution in [1.82, 2.24) is 19.8 Å². The molecular formula is C15H24N6O2. The van der Waals surface area contributed by atoms with E-state index in [2.05, 4.69) is 25.1 Å². The maximum absolute atomic E-state index is 10.8. The van der Waals surface area contributed by atoms with Crippen LogP contribution in [-0.2, 0) is 9.53 Å². The molecule has 1 aromatic heterocycles. The second kappa shape index (κ2) is 8.07. The summed E-state index contributed by atoms with van der Waals surface area (Å²) in [6.45, 7) is 8.59. The summed E-state index contributed by atoms with van der Waals surface area (Å²) < 4.78 is 5.35. The lowest BCUT2D eigenvalue weighted by molar-refractivity contribution is -0.118. The molecule has 0 aliphatic carbocycles. The maximum Gasteiger partial charge on any atom is 0.209 e. The molecule has 0 atom stereocenters. The number of nitrogens with zero attached hydrogens (tertiary/aromatic N) is 5. The molecule has 2 fully saturated rings. The molecule has 8 heteroatoms. The van der Waals surface area contributed by atoms with Gasteiger partial charge >= 0.3 is 0 Å². The molecule has 1 aromatic rings. The zero-order chi connectivity index (χ0) is 15.9. The van der Waals surface area contributed by atoms with Crippen molar-refractivity contribution in [2.24, 2.45) is 0 Å². The molecule has 2 saturated heterocycles. The fraction of sp³-hybridized carbons (Fsp3) is 0.667. The lowest BCUT2D eigenvalue weighted by atomic mass is 10.3. The van der Waals surface area contributed by atoms with Crippen molar-refractivity contribution in [3.63, 3.8) is 0 Å². The minimum absolute atomic E-state index is 0.743. The van der Waals surface area contributed by atoms with Crippen LogP contribution in [0.2, 0.25) is 0 Å². The number of hydrogen-bond acceptors (Lipinski definition) is 7. The predicted molar refractivity (Wildman–Crippen MR) is 87.6 cm³/mol. The molecule has 0 unspecified atom stereocenters. The first-order valence-corrected chi connectivity index (χ1v) is 8.15. The molecule has 3 heterocycles. The van der Waals surface area contributed by atoms with Crippen molar-refractivity contribution in [1.29, 1.82) is 0 Å². The molecule has 2 aliphatic heterocycles. The average molecular weight is 320 g/mol. The lowest BCUT2D eigenvalue weighted by Crippen LogP contribution is -2.46. The molecule has 8 nitrogen and oxygen atoms in total. The molecule has 0 radical (unpaired) electrons. The van der Waals surface area contributed by atoms with Crippen LogP contribution < -0.4 is 10.2 Å². The van der Waals surface area contributed by atoms with E-state index in [1.165, 1.54) is 0 Å². The highest BCUT2D eigenvalue weighted by Gasteiger charge is 2.17. The van der Waals surface area contributed by atoms with Crippen molar-refractivity contribution in [3.8, 4) is 0 Å². The third kappa shape index (κ3) is 4.52. The van der Waals surface area contributed by atoms with Crippen LogP contribution in [0, 0.1) is 0 Å². The summed E-state index contributed by atoms with van der Waals surface area (Å²) >= 11 is 0. The van der Waals surface area contributed by atoms with Gasteiger partial charge in [0.1, 0.15) is 18.0 Å². The van der Waals surface area contributed by atoms with Gasteiger partial charge in [-0.25, -0.2) is 9.97 Å². The topological polar surface area (TPSA) is 73.8 Å². The Bertz CT molecular complexity index is 500. The number of anilines is 2. The van der Waals surface area contributed by atoms with Crippen LogP contribution in [0.25, 0.3) is 0 Å². The summed E-state index contributed by atoms with van der Waals surface area (Å²) in [7, 11) is 0. The zero-order valence-corrected chi connectivity index (χ0v) is 13.4. The van der Waals surface area contributed by atoms with E-state index in [1.807, 2.05) is 6.07 Å². The number of ether oxygens (including phenoxy) is 1. The highest BCUT2D eigenvalue weighted by molar-refractivity contribution is 5.51. The van der Waals surface area contributed by atoms with E-state index in [4.69, 9.17) is 4.74 Å². The van der Waals surface area contributed by atoms with Gasteiger partial charge in [-0.3, -0.25) is 9.69 Å². The molecule has 3 rings (SSSR count). The molecule has 2 aliphatic rings. The van der Waals surface area contributed by atoms with Gasteiger partial charge in [0.15, 0.2) is 0 Å². The predicted octanol–water partition coefficient (Wildman–Crippen LogP) is -0.501. The first kappa shape index (κ1) is 15.9. The van der Waals surface area contributed by atoms with E-state index >= 15 is 0 Å². The number of piperazine rings is 1.